The van der Waals surface area contributed by atoms with E-state index in [0.717, 1.165) is 12.0 Å². The molecule has 1 aliphatic heterocycles. The fourth-order valence-electron chi connectivity index (χ4n) is 4.23. The number of benzene rings is 3. The van der Waals surface area contributed by atoms with Gasteiger partial charge in [0.15, 0.2) is 11.5 Å². The first-order valence-electron chi connectivity index (χ1n) is 10.9. The van der Waals surface area contributed by atoms with Gasteiger partial charge in [-0.1, -0.05) is 72.6 Å². The number of ketones is 1. The van der Waals surface area contributed by atoms with Crippen molar-refractivity contribution in [3.05, 3.63) is 93.0 Å². The number of carbonyl (C=O) groups excluding carboxylic acids is 2. The zero-order valence-corrected chi connectivity index (χ0v) is 20.9. The Balaban J connectivity index is 2.00. The molecular weight excluding hydrogens is 489 g/mol. The van der Waals surface area contributed by atoms with Crippen LogP contribution in [-0.2, 0) is 16.0 Å². The number of ether oxygens (including phenoxy) is 2. The van der Waals surface area contributed by atoms with Gasteiger partial charge in [0.25, 0.3) is 11.7 Å². The third-order valence-corrected chi connectivity index (χ3v) is 6.60. The number of para-hydroxylation sites is 1. The molecule has 6 nitrogen and oxygen atoms in total. The summed E-state index contributed by atoms with van der Waals surface area (Å²) in [6, 6.07) is 16.9. The molecule has 1 unspecified atom stereocenters. The van der Waals surface area contributed by atoms with Gasteiger partial charge < -0.3 is 14.6 Å². The van der Waals surface area contributed by atoms with Crippen LogP contribution in [0.2, 0.25) is 10.0 Å². The second-order valence-electron chi connectivity index (χ2n) is 7.89. The summed E-state index contributed by atoms with van der Waals surface area (Å²) in [5, 5.41) is 11.6. The average molecular weight is 512 g/mol. The molecule has 1 saturated heterocycles. The van der Waals surface area contributed by atoms with E-state index in [-0.39, 0.29) is 32.7 Å². The summed E-state index contributed by atoms with van der Waals surface area (Å²) >= 11 is 12.7. The lowest BCUT2D eigenvalue weighted by Gasteiger charge is -2.26. The Bertz CT molecular complexity index is 1320. The van der Waals surface area contributed by atoms with Crippen LogP contribution in [0.5, 0.6) is 11.5 Å². The van der Waals surface area contributed by atoms with Crippen LogP contribution in [0.25, 0.3) is 5.76 Å². The standard InChI is InChI=1S/C27H23Cl2NO5/c1-4-15-10-12-16(13-11-15)22-20(24(32)27(33)30(22)17-8-6-5-7-9-17)23(31)18-14-19(28)26(35-3)21(29)25(18)34-2/h5-14,22,31H,4H2,1-3H3/b23-20+. The molecule has 0 bridgehead atoms. The second kappa shape index (κ2) is 10.0. The van der Waals surface area contributed by atoms with Crippen molar-refractivity contribution < 1.29 is 24.2 Å². The van der Waals surface area contributed by atoms with Crippen molar-refractivity contribution in [2.45, 2.75) is 19.4 Å². The molecule has 1 amide bonds. The molecule has 0 radical (unpaired) electrons. The van der Waals surface area contributed by atoms with Gasteiger partial charge in [0.2, 0.25) is 0 Å². The lowest BCUT2D eigenvalue weighted by atomic mass is 9.94. The van der Waals surface area contributed by atoms with E-state index in [2.05, 4.69) is 0 Å². The maximum Gasteiger partial charge on any atom is 0.300 e. The molecule has 35 heavy (non-hydrogen) atoms. The van der Waals surface area contributed by atoms with Gasteiger partial charge in [-0.15, -0.1) is 0 Å². The fraction of sp³-hybridized carbons (Fsp3) is 0.185. The summed E-state index contributed by atoms with van der Waals surface area (Å²) in [4.78, 5) is 28.0. The minimum absolute atomic E-state index is 0.0326. The Morgan fingerprint density at radius 3 is 2.17 bits per heavy atom. The molecule has 3 aromatic carbocycles. The van der Waals surface area contributed by atoms with Gasteiger partial charge in [0, 0.05) is 5.69 Å². The van der Waals surface area contributed by atoms with Gasteiger partial charge in [-0.25, -0.2) is 0 Å². The topological polar surface area (TPSA) is 76.1 Å². The molecule has 0 aliphatic carbocycles. The van der Waals surface area contributed by atoms with E-state index in [1.807, 2.05) is 37.3 Å². The zero-order valence-electron chi connectivity index (χ0n) is 19.3. The van der Waals surface area contributed by atoms with E-state index in [9.17, 15) is 14.7 Å². The largest absolute Gasteiger partial charge is 0.507 e. The summed E-state index contributed by atoms with van der Waals surface area (Å²) in [6.07, 6.45) is 0.833. The van der Waals surface area contributed by atoms with E-state index in [4.69, 9.17) is 32.7 Å². The number of aliphatic hydroxyl groups is 1. The first-order chi connectivity index (χ1) is 16.8. The maximum atomic E-state index is 13.4. The number of Topliss-reactive ketones (excluding diaryl/α,β-unsaturated/α-hetero) is 1. The Morgan fingerprint density at radius 1 is 0.971 bits per heavy atom. The highest BCUT2D eigenvalue weighted by Gasteiger charge is 2.47. The fourth-order valence-corrected chi connectivity index (χ4v) is 4.92. The molecule has 1 fully saturated rings. The second-order valence-corrected chi connectivity index (χ2v) is 8.67. The third kappa shape index (κ3) is 4.24. The van der Waals surface area contributed by atoms with E-state index in [1.165, 1.54) is 25.2 Å². The highest BCUT2D eigenvalue weighted by molar-refractivity contribution is 6.52. The first-order valence-corrected chi connectivity index (χ1v) is 11.6. The van der Waals surface area contributed by atoms with Crippen LogP contribution < -0.4 is 14.4 Å². The molecule has 0 aromatic heterocycles. The third-order valence-electron chi connectivity index (χ3n) is 5.98. The number of aryl methyl sites for hydroxylation is 1. The smallest absolute Gasteiger partial charge is 0.300 e. The van der Waals surface area contributed by atoms with Crippen LogP contribution in [0.4, 0.5) is 5.69 Å². The predicted octanol–water partition coefficient (Wildman–Crippen LogP) is 6.20. The summed E-state index contributed by atoms with van der Waals surface area (Å²) in [6.45, 7) is 2.04. The van der Waals surface area contributed by atoms with E-state index in [0.29, 0.717) is 11.3 Å². The highest BCUT2D eigenvalue weighted by Crippen LogP contribution is 2.48. The number of hydrogen-bond acceptors (Lipinski definition) is 5. The summed E-state index contributed by atoms with van der Waals surface area (Å²) in [5.74, 6) is -1.81. The molecule has 1 N–H and O–H groups in total. The molecule has 0 saturated carbocycles. The molecule has 1 atom stereocenters. The van der Waals surface area contributed by atoms with Crippen LogP contribution >= 0.6 is 23.2 Å². The van der Waals surface area contributed by atoms with Crippen molar-refractivity contribution in [2.75, 3.05) is 19.1 Å². The van der Waals surface area contributed by atoms with E-state index < -0.39 is 23.5 Å². The predicted molar refractivity (Wildman–Crippen MR) is 137 cm³/mol. The van der Waals surface area contributed by atoms with Crippen molar-refractivity contribution in [1.82, 2.24) is 0 Å². The first kappa shape index (κ1) is 24.6. The Morgan fingerprint density at radius 2 is 1.60 bits per heavy atom. The zero-order chi connectivity index (χ0) is 25.3. The number of amides is 1. The minimum atomic E-state index is -0.882. The Labute approximate surface area is 213 Å². The normalized spacial score (nSPS) is 17.1. The van der Waals surface area contributed by atoms with Gasteiger partial charge in [-0.3, -0.25) is 14.5 Å². The van der Waals surface area contributed by atoms with Gasteiger partial charge in [-0.2, -0.15) is 0 Å². The number of hydrogen-bond donors (Lipinski definition) is 1. The van der Waals surface area contributed by atoms with Crippen LogP contribution in [0.3, 0.4) is 0 Å². The summed E-state index contributed by atoms with van der Waals surface area (Å²) < 4.78 is 10.7. The van der Waals surface area contributed by atoms with Crippen LogP contribution in [-0.4, -0.2) is 31.0 Å². The van der Waals surface area contributed by atoms with Gasteiger partial charge in [0.05, 0.1) is 36.4 Å². The molecule has 3 aromatic rings. The molecule has 8 heteroatoms. The number of carbonyl (C=O) groups is 2. The van der Waals surface area contributed by atoms with Crippen molar-refractivity contribution in [3.63, 3.8) is 0 Å². The highest BCUT2D eigenvalue weighted by atomic mass is 35.5. The number of aliphatic hydroxyl groups excluding tert-OH is 1. The number of anilines is 1. The Hall–Kier alpha value is -3.48. The molecule has 4 rings (SSSR count). The summed E-state index contributed by atoms with van der Waals surface area (Å²) in [5.41, 5.74) is 2.26. The number of rotatable bonds is 6. The van der Waals surface area contributed by atoms with E-state index in [1.54, 1.807) is 24.3 Å². The molecule has 0 spiro atoms. The SMILES string of the molecule is CCc1ccc(C2/C(=C(\O)c3cc(Cl)c(OC)c(Cl)c3OC)C(=O)C(=O)N2c2ccccc2)cc1. The molecule has 180 valence electrons. The number of nitrogens with zero attached hydrogens (tertiary/aromatic N) is 1. The van der Waals surface area contributed by atoms with Gasteiger partial charge in [0.1, 0.15) is 10.8 Å². The maximum absolute atomic E-state index is 13.4. The van der Waals surface area contributed by atoms with Gasteiger partial charge in [-0.05, 0) is 35.7 Å². The summed E-state index contributed by atoms with van der Waals surface area (Å²) in [7, 11) is 2.77. The average Bonchev–Trinajstić information content (AvgIpc) is 3.14. The Kier molecular flexibility index (Phi) is 7.05. The molecular formula is C27H23Cl2NO5. The van der Waals surface area contributed by atoms with Crippen LogP contribution in [0.15, 0.2) is 66.2 Å². The molecule has 1 heterocycles. The number of halogens is 2. The van der Waals surface area contributed by atoms with Crippen molar-refractivity contribution in [2.24, 2.45) is 0 Å². The van der Waals surface area contributed by atoms with Crippen molar-refractivity contribution >= 4 is 46.3 Å². The molecule has 1 aliphatic rings. The lowest BCUT2D eigenvalue weighted by Crippen LogP contribution is -2.29. The van der Waals surface area contributed by atoms with Crippen molar-refractivity contribution in [1.29, 1.82) is 0 Å². The number of methoxy groups -OCH3 is 2. The van der Waals surface area contributed by atoms with Crippen molar-refractivity contribution in [3.8, 4) is 11.5 Å². The quantitative estimate of drug-likeness (QED) is 0.242. The monoisotopic (exact) mass is 511 g/mol. The van der Waals surface area contributed by atoms with Gasteiger partial charge >= 0.3 is 0 Å². The van der Waals surface area contributed by atoms with Crippen LogP contribution in [0, 0.1) is 0 Å². The lowest BCUT2D eigenvalue weighted by molar-refractivity contribution is -0.132. The van der Waals surface area contributed by atoms with Crippen LogP contribution in [0.1, 0.15) is 29.7 Å². The minimum Gasteiger partial charge on any atom is -0.507 e. The van der Waals surface area contributed by atoms with E-state index >= 15 is 0 Å².